The van der Waals surface area contributed by atoms with Crippen molar-refractivity contribution in [3.05, 3.63) is 82.1 Å². The molecule has 0 spiro atoms. The van der Waals surface area contributed by atoms with Gasteiger partial charge in [-0.2, -0.15) is 0 Å². The SMILES string of the molecule is CCOC(=O)NC(=NCCCc1cnc[nH]1)NCCC(c1ccc(Cl)c(Cl)c1)c1ccccn1. The molecule has 3 aromatic rings. The lowest BCUT2D eigenvalue weighted by Gasteiger charge is -2.19. The molecule has 0 fully saturated rings. The van der Waals surface area contributed by atoms with Crippen molar-refractivity contribution in [2.24, 2.45) is 4.99 Å². The van der Waals surface area contributed by atoms with E-state index in [9.17, 15) is 4.79 Å². The van der Waals surface area contributed by atoms with Crippen molar-refractivity contribution in [1.29, 1.82) is 0 Å². The fraction of sp³-hybridized carbons (Fsp3) is 0.333. The number of carbonyl (C=O) groups is 1. The minimum absolute atomic E-state index is 0.0207. The van der Waals surface area contributed by atoms with Crippen LogP contribution in [-0.2, 0) is 11.2 Å². The van der Waals surface area contributed by atoms with Crippen LogP contribution in [-0.4, -0.2) is 46.7 Å². The largest absolute Gasteiger partial charge is 0.450 e. The molecule has 2 heterocycles. The Labute approximate surface area is 209 Å². The van der Waals surface area contributed by atoms with Crippen LogP contribution in [0.2, 0.25) is 10.0 Å². The van der Waals surface area contributed by atoms with Gasteiger partial charge in [0.05, 0.1) is 23.0 Å². The Bertz CT molecular complexity index is 1060. The van der Waals surface area contributed by atoms with E-state index in [2.05, 4.69) is 30.6 Å². The molecule has 0 bridgehead atoms. The molecule has 1 atom stereocenters. The summed E-state index contributed by atoms with van der Waals surface area (Å²) < 4.78 is 5.01. The first-order valence-electron chi connectivity index (χ1n) is 11.1. The number of aromatic amines is 1. The van der Waals surface area contributed by atoms with Gasteiger partial charge in [0, 0.05) is 42.8 Å². The number of nitrogens with zero attached hydrogens (tertiary/aromatic N) is 3. The highest BCUT2D eigenvalue weighted by Crippen LogP contribution is 2.31. The lowest BCUT2D eigenvalue weighted by Crippen LogP contribution is -2.42. The Hall–Kier alpha value is -3.10. The van der Waals surface area contributed by atoms with Gasteiger partial charge >= 0.3 is 6.09 Å². The highest BCUT2D eigenvalue weighted by atomic mass is 35.5. The minimum atomic E-state index is -0.548. The number of nitrogens with one attached hydrogen (secondary N) is 3. The van der Waals surface area contributed by atoms with Crippen LogP contribution in [0.1, 0.15) is 42.6 Å². The molecule has 0 aliphatic rings. The van der Waals surface area contributed by atoms with Gasteiger partial charge in [-0.25, -0.2) is 9.78 Å². The number of alkyl carbamates (subject to hydrolysis) is 1. The monoisotopic (exact) mass is 502 g/mol. The molecule has 0 aliphatic carbocycles. The van der Waals surface area contributed by atoms with Crippen molar-refractivity contribution >= 4 is 35.3 Å². The quantitative estimate of drug-likeness (QED) is 0.206. The number of carbonyl (C=O) groups excluding carboxylic acids is 1. The summed E-state index contributed by atoms with van der Waals surface area (Å²) in [5.41, 5.74) is 2.97. The van der Waals surface area contributed by atoms with Crippen molar-refractivity contribution in [2.45, 2.75) is 32.1 Å². The normalized spacial score (nSPS) is 12.3. The third kappa shape index (κ3) is 8.04. The van der Waals surface area contributed by atoms with E-state index in [1.165, 1.54) is 0 Å². The van der Waals surface area contributed by atoms with Gasteiger partial charge in [-0.1, -0.05) is 35.3 Å². The van der Waals surface area contributed by atoms with E-state index in [1.54, 1.807) is 31.7 Å². The van der Waals surface area contributed by atoms with Gasteiger partial charge in [0.1, 0.15) is 0 Å². The van der Waals surface area contributed by atoms with Crippen LogP contribution in [0.4, 0.5) is 4.79 Å². The third-order valence-corrected chi connectivity index (χ3v) is 5.78. The first kappa shape index (κ1) is 25.5. The number of halogens is 2. The molecule has 1 unspecified atom stereocenters. The number of aryl methyl sites for hydroxylation is 1. The maximum absolute atomic E-state index is 12.0. The van der Waals surface area contributed by atoms with Crippen LogP contribution in [0.3, 0.4) is 0 Å². The van der Waals surface area contributed by atoms with E-state index >= 15 is 0 Å². The topological polar surface area (TPSA) is 104 Å². The van der Waals surface area contributed by atoms with Gasteiger partial charge in [-0.05, 0) is 56.0 Å². The number of ether oxygens (including phenoxy) is 1. The summed E-state index contributed by atoms with van der Waals surface area (Å²) in [4.78, 5) is 28.1. The molecule has 1 aromatic carbocycles. The molecule has 0 radical (unpaired) electrons. The maximum Gasteiger partial charge on any atom is 0.413 e. The van der Waals surface area contributed by atoms with Crippen molar-refractivity contribution in [2.75, 3.05) is 19.7 Å². The predicted octanol–water partition coefficient (Wildman–Crippen LogP) is 4.96. The molecule has 0 saturated heterocycles. The molecule has 34 heavy (non-hydrogen) atoms. The molecule has 0 saturated carbocycles. The number of imidazole rings is 1. The van der Waals surface area contributed by atoms with Crippen LogP contribution in [0.15, 0.2) is 60.1 Å². The van der Waals surface area contributed by atoms with E-state index in [0.29, 0.717) is 35.5 Å². The molecule has 1 amide bonds. The Morgan fingerprint density at radius 3 is 2.82 bits per heavy atom. The third-order valence-electron chi connectivity index (χ3n) is 5.04. The van der Waals surface area contributed by atoms with Crippen LogP contribution in [0.25, 0.3) is 0 Å². The second-order valence-electron chi connectivity index (χ2n) is 7.45. The summed E-state index contributed by atoms with van der Waals surface area (Å²) in [6.07, 6.45) is 6.97. The lowest BCUT2D eigenvalue weighted by molar-refractivity contribution is 0.157. The van der Waals surface area contributed by atoms with Gasteiger partial charge in [-0.15, -0.1) is 0 Å². The number of benzene rings is 1. The highest BCUT2D eigenvalue weighted by Gasteiger charge is 2.17. The summed E-state index contributed by atoms with van der Waals surface area (Å²) in [5, 5.41) is 6.92. The number of hydrogen-bond acceptors (Lipinski definition) is 5. The van der Waals surface area contributed by atoms with Crippen molar-refractivity contribution < 1.29 is 9.53 Å². The second-order valence-corrected chi connectivity index (χ2v) is 8.27. The minimum Gasteiger partial charge on any atom is -0.450 e. The first-order valence-corrected chi connectivity index (χ1v) is 11.9. The average molecular weight is 503 g/mol. The Kier molecular flexibility index (Phi) is 10.2. The summed E-state index contributed by atoms with van der Waals surface area (Å²) in [6.45, 7) is 3.10. The number of aliphatic imine (C=N–C) groups is 1. The number of aromatic nitrogens is 3. The van der Waals surface area contributed by atoms with E-state index < -0.39 is 6.09 Å². The first-order chi connectivity index (χ1) is 16.6. The van der Waals surface area contributed by atoms with Gasteiger partial charge in [0.15, 0.2) is 0 Å². The van der Waals surface area contributed by atoms with Crippen LogP contribution < -0.4 is 10.6 Å². The molecule has 0 aliphatic heterocycles. The lowest BCUT2D eigenvalue weighted by atomic mass is 9.92. The summed E-state index contributed by atoms with van der Waals surface area (Å²) in [5.74, 6) is 0.352. The number of amides is 1. The summed E-state index contributed by atoms with van der Waals surface area (Å²) >= 11 is 12.4. The zero-order chi connectivity index (χ0) is 24.2. The van der Waals surface area contributed by atoms with Gasteiger partial charge in [0.25, 0.3) is 0 Å². The zero-order valence-electron chi connectivity index (χ0n) is 18.9. The molecule has 180 valence electrons. The average Bonchev–Trinajstić information content (AvgIpc) is 3.35. The Balaban J connectivity index is 1.66. The van der Waals surface area contributed by atoms with Crippen LogP contribution in [0.5, 0.6) is 0 Å². The van der Waals surface area contributed by atoms with Crippen LogP contribution >= 0.6 is 23.2 Å². The highest BCUT2D eigenvalue weighted by molar-refractivity contribution is 6.42. The van der Waals surface area contributed by atoms with Crippen molar-refractivity contribution in [3.8, 4) is 0 Å². The molecule has 8 nitrogen and oxygen atoms in total. The number of hydrogen-bond donors (Lipinski definition) is 3. The maximum atomic E-state index is 12.0. The molecule has 3 N–H and O–H groups in total. The number of pyridine rings is 1. The molecule has 2 aromatic heterocycles. The fourth-order valence-corrected chi connectivity index (χ4v) is 3.72. The molecular formula is C24H28Cl2N6O2. The Morgan fingerprint density at radius 2 is 2.12 bits per heavy atom. The standard InChI is InChI=1S/C24H28Cl2N6O2/c1-2-34-24(33)32-23(29-12-5-6-18-15-27-16-31-18)30-13-10-19(22-7-3-4-11-28-22)17-8-9-20(25)21(26)14-17/h3-4,7-9,11,14-16,19H,2,5-6,10,12-13H2,1H3,(H,27,31)(H2,29,30,32,33). The van der Waals surface area contributed by atoms with Gasteiger partial charge < -0.3 is 15.0 Å². The fourth-order valence-electron chi connectivity index (χ4n) is 3.42. The molecule has 3 rings (SSSR count). The summed E-state index contributed by atoms with van der Waals surface area (Å²) in [6, 6.07) is 11.4. The van der Waals surface area contributed by atoms with Crippen LogP contribution in [0, 0.1) is 0 Å². The van der Waals surface area contributed by atoms with E-state index in [1.807, 2.05) is 30.3 Å². The number of H-pyrrole nitrogens is 1. The van der Waals surface area contributed by atoms with E-state index in [-0.39, 0.29) is 12.5 Å². The number of guanidine groups is 1. The van der Waals surface area contributed by atoms with Crippen molar-refractivity contribution in [1.82, 2.24) is 25.6 Å². The van der Waals surface area contributed by atoms with Gasteiger partial charge in [-0.3, -0.25) is 15.3 Å². The number of rotatable bonds is 10. The van der Waals surface area contributed by atoms with Gasteiger partial charge in [0.2, 0.25) is 5.96 Å². The van der Waals surface area contributed by atoms with Crippen molar-refractivity contribution in [3.63, 3.8) is 0 Å². The second kappa shape index (κ2) is 13.6. The van der Waals surface area contributed by atoms with E-state index in [0.717, 1.165) is 29.8 Å². The molecule has 10 heteroatoms. The zero-order valence-corrected chi connectivity index (χ0v) is 20.4. The predicted molar refractivity (Wildman–Crippen MR) is 135 cm³/mol. The molecular weight excluding hydrogens is 475 g/mol. The summed E-state index contributed by atoms with van der Waals surface area (Å²) in [7, 11) is 0. The smallest absolute Gasteiger partial charge is 0.413 e. The van der Waals surface area contributed by atoms with E-state index in [4.69, 9.17) is 27.9 Å². The Morgan fingerprint density at radius 1 is 1.24 bits per heavy atom.